The fourth-order valence-electron chi connectivity index (χ4n) is 1.71. The summed E-state index contributed by atoms with van der Waals surface area (Å²) in [5, 5.41) is 5.72. The third-order valence-corrected chi connectivity index (χ3v) is 3.56. The van der Waals surface area contributed by atoms with Crippen molar-refractivity contribution in [3.63, 3.8) is 0 Å². The lowest BCUT2D eigenvalue weighted by Gasteiger charge is -1.98. The monoisotopic (exact) mass is 337 g/mol. The first-order valence-corrected chi connectivity index (χ1v) is 8.15. The summed E-state index contributed by atoms with van der Waals surface area (Å²) in [6, 6.07) is 9.44. The molecular weight excluding hydrogens is 316 g/mol. The lowest BCUT2D eigenvalue weighted by Crippen LogP contribution is -1.89. The number of benzene rings is 2. The van der Waals surface area contributed by atoms with Gasteiger partial charge < -0.3 is 10.6 Å². The number of anilines is 2. The summed E-state index contributed by atoms with van der Waals surface area (Å²) in [5.74, 6) is -1.13. The third kappa shape index (κ3) is 5.83. The average Bonchev–Trinajstić information content (AvgIpc) is 3.03. The first-order chi connectivity index (χ1) is 11.1. The number of halogens is 2. The van der Waals surface area contributed by atoms with Gasteiger partial charge >= 0.3 is 0 Å². The lowest BCUT2D eigenvalue weighted by atomic mass is 10.3. The minimum atomic E-state index is -0.565. The largest absolute Gasteiger partial charge is 0.388 e. The molecule has 0 unspecified atom stereocenters. The number of rotatable bonds is 2. The van der Waals surface area contributed by atoms with Crippen LogP contribution in [0.1, 0.15) is 13.8 Å². The van der Waals surface area contributed by atoms with Crippen LogP contribution < -0.4 is 10.6 Å². The molecule has 3 nitrogen and oxygen atoms in total. The van der Waals surface area contributed by atoms with E-state index in [9.17, 15) is 8.78 Å². The zero-order valence-electron chi connectivity index (χ0n) is 13.7. The first kappa shape index (κ1) is 18.8. The number of nitrogens with zero attached hydrogens (tertiary/aromatic N) is 1. The molecule has 0 aliphatic carbocycles. The highest BCUT2D eigenvalue weighted by Crippen LogP contribution is 2.21. The smallest absolute Gasteiger partial charge is 0.128 e. The van der Waals surface area contributed by atoms with Crippen molar-refractivity contribution in [2.75, 3.05) is 24.7 Å². The highest BCUT2D eigenvalue weighted by Gasteiger charge is 1.97. The molecule has 3 aromatic rings. The summed E-state index contributed by atoms with van der Waals surface area (Å²) in [6.45, 7) is 4.00. The van der Waals surface area contributed by atoms with Crippen LogP contribution >= 0.6 is 11.3 Å². The fraction of sp³-hybridized carbons (Fsp3) is 0.235. The van der Waals surface area contributed by atoms with Crippen molar-refractivity contribution in [1.82, 2.24) is 4.98 Å². The number of aromatic nitrogens is 1. The van der Waals surface area contributed by atoms with Gasteiger partial charge in [0, 0.05) is 31.5 Å². The minimum absolute atomic E-state index is 0.442. The van der Waals surface area contributed by atoms with E-state index < -0.39 is 11.6 Å². The highest BCUT2D eigenvalue weighted by atomic mass is 32.1. The standard InChI is InChI=1S/C8H8N2S.C7H7F2N.C2H6/c1-9-6-2-3-7-8(4-6)11-5-10-7;1-10-7-3-5(8)2-6(9)4-7;1-2/h2-5,9H,1H3;2-4,10H,1H3;1-2H3. The van der Waals surface area contributed by atoms with Gasteiger partial charge in [-0.05, 0) is 30.3 Å². The zero-order chi connectivity index (χ0) is 17.2. The maximum atomic E-state index is 12.3. The molecule has 0 fully saturated rings. The van der Waals surface area contributed by atoms with Crippen molar-refractivity contribution < 1.29 is 8.78 Å². The van der Waals surface area contributed by atoms with Crippen molar-refractivity contribution in [1.29, 1.82) is 0 Å². The van der Waals surface area contributed by atoms with Gasteiger partial charge in [0.1, 0.15) is 11.6 Å². The van der Waals surface area contributed by atoms with Gasteiger partial charge in [-0.15, -0.1) is 11.3 Å². The maximum Gasteiger partial charge on any atom is 0.128 e. The van der Waals surface area contributed by atoms with E-state index in [0.29, 0.717) is 5.69 Å². The van der Waals surface area contributed by atoms with E-state index in [2.05, 4.69) is 21.7 Å². The van der Waals surface area contributed by atoms with Gasteiger partial charge in [-0.25, -0.2) is 13.8 Å². The molecule has 0 saturated carbocycles. The molecule has 0 bridgehead atoms. The van der Waals surface area contributed by atoms with Crippen molar-refractivity contribution in [3.05, 3.63) is 53.5 Å². The van der Waals surface area contributed by atoms with Gasteiger partial charge in [0.15, 0.2) is 0 Å². The van der Waals surface area contributed by atoms with Crippen LogP contribution in [0, 0.1) is 11.6 Å². The molecule has 0 saturated heterocycles. The van der Waals surface area contributed by atoms with Crippen LogP contribution in [0.25, 0.3) is 10.2 Å². The Balaban J connectivity index is 0.000000209. The summed E-state index contributed by atoms with van der Waals surface area (Å²) < 4.78 is 25.9. The zero-order valence-corrected chi connectivity index (χ0v) is 14.5. The molecule has 0 aliphatic heterocycles. The van der Waals surface area contributed by atoms with Gasteiger partial charge in [-0.1, -0.05) is 13.8 Å². The van der Waals surface area contributed by atoms with Crippen LogP contribution in [0.15, 0.2) is 41.9 Å². The van der Waals surface area contributed by atoms with Crippen molar-refractivity contribution in [2.45, 2.75) is 13.8 Å². The van der Waals surface area contributed by atoms with E-state index in [1.54, 1.807) is 18.4 Å². The van der Waals surface area contributed by atoms with Crippen LogP contribution in [0.3, 0.4) is 0 Å². The van der Waals surface area contributed by atoms with E-state index in [-0.39, 0.29) is 0 Å². The van der Waals surface area contributed by atoms with E-state index >= 15 is 0 Å². The number of nitrogens with one attached hydrogen (secondary N) is 2. The minimum Gasteiger partial charge on any atom is -0.388 e. The van der Waals surface area contributed by atoms with Crippen LogP contribution in [-0.4, -0.2) is 19.1 Å². The Bertz CT molecular complexity index is 708. The topological polar surface area (TPSA) is 37.0 Å². The normalized spacial score (nSPS) is 9.30. The Morgan fingerprint density at radius 3 is 2.04 bits per heavy atom. The van der Waals surface area contributed by atoms with Gasteiger partial charge in [0.25, 0.3) is 0 Å². The summed E-state index contributed by atoms with van der Waals surface area (Å²) in [7, 11) is 3.52. The molecule has 1 aromatic heterocycles. The maximum absolute atomic E-state index is 12.3. The summed E-state index contributed by atoms with van der Waals surface area (Å²) in [6.07, 6.45) is 0. The van der Waals surface area contributed by atoms with Gasteiger partial charge in [-0.3, -0.25) is 0 Å². The first-order valence-electron chi connectivity index (χ1n) is 7.27. The van der Waals surface area contributed by atoms with E-state index in [4.69, 9.17) is 0 Å². The molecule has 0 radical (unpaired) electrons. The van der Waals surface area contributed by atoms with E-state index in [1.165, 1.54) is 16.8 Å². The second-order valence-electron chi connectivity index (χ2n) is 4.19. The van der Waals surface area contributed by atoms with Crippen LogP contribution in [0.4, 0.5) is 20.2 Å². The summed E-state index contributed by atoms with van der Waals surface area (Å²) >= 11 is 1.67. The number of hydrogen-bond acceptors (Lipinski definition) is 4. The molecule has 124 valence electrons. The van der Waals surface area contributed by atoms with Crippen LogP contribution in [-0.2, 0) is 0 Å². The second-order valence-corrected chi connectivity index (χ2v) is 5.08. The molecule has 0 aliphatic rings. The molecular formula is C17H21F2N3S. The van der Waals surface area contributed by atoms with Crippen molar-refractivity contribution >= 4 is 32.9 Å². The number of hydrogen-bond donors (Lipinski definition) is 2. The highest BCUT2D eigenvalue weighted by molar-refractivity contribution is 7.16. The molecule has 1 heterocycles. The Kier molecular flexibility index (Phi) is 7.97. The molecule has 0 atom stereocenters. The third-order valence-electron chi connectivity index (χ3n) is 2.77. The average molecular weight is 337 g/mol. The summed E-state index contributed by atoms with van der Waals surface area (Å²) in [5.41, 5.74) is 4.53. The predicted molar refractivity (Wildman–Crippen MR) is 96.4 cm³/mol. The molecule has 6 heteroatoms. The Morgan fingerprint density at radius 2 is 1.48 bits per heavy atom. The van der Waals surface area contributed by atoms with E-state index in [0.717, 1.165) is 17.3 Å². The molecule has 2 aromatic carbocycles. The molecule has 2 N–H and O–H groups in total. The molecule has 0 spiro atoms. The van der Waals surface area contributed by atoms with Crippen LogP contribution in [0.2, 0.25) is 0 Å². The van der Waals surface area contributed by atoms with Gasteiger partial charge in [0.2, 0.25) is 0 Å². The quantitative estimate of drug-likeness (QED) is 0.660. The Hall–Kier alpha value is -2.21. The predicted octanol–water partition coefficient (Wildman–Crippen LogP) is 5.37. The van der Waals surface area contributed by atoms with E-state index in [1.807, 2.05) is 38.5 Å². The van der Waals surface area contributed by atoms with Gasteiger partial charge in [-0.2, -0.15) is 0 Å². The molecule has 3 rings (SSSR count). The number of fused-ring (bicyclic) bond motifs is 1. The Labute approximate surface area is 139 Å². The summed E-state index contributed by atoms with van der Waals surface area (Å²) in [4.78, 5) is 4.18. The lowest BCUT2D eigenvalue weighted by molar-refractivity contribution is 0.584. The SMILES string of the molecule is CC.CNc1cc(F)cc(F)c1.CNc1ccc2ncsc2c1. The van der Waals surface area contributed by atoms with Crippen molar-refractivity contribution in [2.24, 2.45) is 0 Å². The molecule has 23 heavy (non-hydrogen) atoms. The molecule has 0 amide bonds. The Morgan fingerprint density at radius 1 is 0.870 bits per heavy atom. The fourth-order valence-corrected chi connectivity index (χ4v) is 2.43. The van der Waals surface area contributed by atoms with Crippen LogP contribution in [0.5, 0.6) is 0 Å². The number of thiazole rings is 1. The second kappa shape index (κ2) is 9.74. The van der Waals surface area contributed by atoms with Gasteiger partial charge in [0.05, 0.1) is 15.7 Å². The van der Waals surface area contributed by atoms with Crippen molar-refractivity contribution in [3.8, 4) is 0 Å².